The summed E-state index contributed by atoms with van der Waals surface area (Å²) < 4.78 is 0. The van der Waals surface area contributed by atoms with Crippen LogP contribution in [-0.2, 0) is 0 Å². The van der Waals surface area contributed by atoms with Gasteiger partial charge >= 0.3 is 0 Å². The van der Waals surface area contributed by atoms with Gasteiger partial charge in [-0.1, -0.05) is 30.3 Å². The Labute approximate surface area is 141 Å². The number of hydrogen-bond acceptors (Lipinski definition) is 2. The van der Waals surface area contributed by atoms with Crippen molar-refractivity contribution in [2.75, 3.05) is 0 Å². The first-order valence-corrected chi connectivity index (χ1v) is 8.61. The molecule has 0 fully saturated rings. The third-order valence-corrected chi connectivity index (χ3v) is 5.23. The maximum absolute atomic E-state index is 11.2. The van der Waals surface area contributed by atoms with Crippen LogP contribution < -0.4 is 0 Å². The monoisotopic (exact) mass is 320 g/mol. The van der Waals surface area contributed by atoms with Gasteiger partial charge in [0.25, 0.3) is 0 Å². The van der Waals surface area contributed by atoms with Crippen LogP contribution >= 0.6 is 11.3 Å². The Morgan fingerprint density at radius 2 is 1.35 bits per heavy atom. The second-order valence-electron chi connectivity index (χ2n) is 6.10. The predicted molar refractivity (Wildman–Crippen MR) is 99.5 cm³/mol. The van der Waals surface area contributed by atoms with Crippen LogP contribution in [0.25, 0.3) is 21.6 Å². The van der Waals surface area contributed by atoms with Crippen LogP contribution in [0.2, 0.25) is 0 Å². The molecule has 0 radical (unpaired) electrons. The molecule has 0 spiro atoms. The van der Waals surface area contributed by atoms with E-state index in [0.29, 0.717) is 0 Å². The zero-order valence-electron chi connectivity index (χ0n) is 13.9. The fraction of sp³-hybridized carbons (Fsp3) is 0.190. The zero-order valence-corrected chi connectivity index (χ0v) is 14.8. The van der Waals surface area contributed by atoms with E-state index in [0.717, 1.165) is 23.0 Å². The maximum Gasteiger partial charge on any atom is 0.150 e. The largest absolute Gasteiger partial charge is 0.298 e. The number of carbonyl (C=O) groups is 1. The summed E-state index contributed by atoms with van der Waals surface area (Å²) in [5.74, 6) is 0. The average molecular weight is 320 g/mol. The summed E-state index contributed by atoms with van der Waals surface area (Å²) in [7, 11) is 0. The van der Waals surface area contributed by atoms with Gasteiger partial charge in [0.1, 0.15) is 0 Å². The second-order valence-corrected chi connectivity index (χ2v) is 7.05. The lowest BCUT2D eigenvalue weighted by Crippen LogP contribution is -1.94. The zero-order chi connectivity index (χ0) is 16.6. The molecule has 2 heteroatoms. The molecule has 0 saturated carbocycles. The summed E-state index contributed by atoms with van der Waals surface area (Å²) in [6, 6.07) is 13.0. The number of aryl methyl sites for hydroxylation is 4. The minimum absolute atomic E-state index is 0.803. The number of carbonyl (C=O) groups excluding carboxylic acids is 1. The molecule has 0 aliphatic heterocycles. The average Bonchev–Trinajstić information content (AvgIpc) is 3.00. The van der Waals surface area contributed by atoms with Crippen molar-refractivity contribution >= 4 is 17.6 Å². The highest BCUT2D eigenvalue weighted by Crippen LogP contribution is 2.35. The Bertz CT molecular complexity index is 827. The van der Waals surface area contributed by atoms with Crippen LogP contribution in [0.1, 0.15) is 32.6 Å². The molecule has 23 heavy (non-hydrogen) atoms. The molecule has 3 aromatic rings. The van der Waals surface area contributed by atoms with E-state index in [1.54, 1.807) is 11.3 Å². The van der Waals surface area contributed by atoms with Crippen LogP contribution in [0.5, 0.6) is 0 Å². The van der Waals surface area contributed by atoms with E-state index in [-0.39, 0.29) is 0 Å². The van der Waals surface area contributed by atoms with Gasteiger partial charge in [0.15, 0.2) is 6.29 Å². The fourth-order valence-electron chi connectivity index (χ4n) is 3.27. The standard InChI is InChI=1S/C21H20OS/c1-13-8-17(9-14(2)19(13)12-22)18-10-15(3)21(16(4)11-18)20-6-5-7-23-20/h5-12H,1-4H3. The number of thiophene rings is 1. The minimum atomic E-state index is 0.803. The van der Waals surface area contributed by atoms with Gasteiger partial charge < -0.3 is 0 Å². The van der Waals surface area contributed by atoms with Crippen molar-refractivity contribution in [2.45, 2.75) is 27.7 Å². The fourth-order valence-corrected chi connectivity index (χ4v) is 4.17. The first-order valence-electron chi connectivity index (χ1n) is 7.73. The molecule has 0 amide bonds. The SMILES string of the molecule is Cc1cc(-c2cc(C)c(-c3cccs3)c(C)c2)cc(C)c1C=O. The third kappa shape index (κ3) is 2.87. The normalized spacial score (nSPS) is 10.8. The first kappa shape index (κ1) is 15.7. The molecule has 0 unspecified atom stereocenters. The summed E-state index contributed by atoms with van der Waals surface area (Å²) in [6.07, 6.45) is 0.949. The number of benzene rings is 2. The Morgan fingerprint density at radius 3 is 1.78 bits per heavy atom. The van der Waals surface area contributed by atoms with Crippen molar-refractivity contribution in [3.63, 3.8) is 0 Å². The van der Waals surface area contributed by atoms with E-state index < -0.39 is 0 Å². The molecule has 0 bridgehead atoms. The Balaban J connectivity index is 2.14. The van der Waals surface area contributed by atoms with E-state index in [9.17, 15) is 4.79 Å². The Morgan fingerprint density at radius 1 is 0.826 bits per heavy atom. The van der Waals surface area contributed by atoms with Gasteiger partial charge in [0.2, 0.25) is 0 Å². The van der Waals surface area contributed by atoms with Gasteiger partial charge in [-0.25, -0.2) is 0 Å². The van der Waals surface area contributed by atoms with Gasteiger partial charge in [0, 0.05) is 10.4 Å². The molecule has 0 saturated heterocycles. The maximum atomic E-state index is 11.2. The van der Waals surface area contributed by atoms with Crippen LogP contribution in [-0.4, -0.2) is 6.29 Å². The summed E-state index contributed by atoms with van der Waals surface area (Å²) in [5, 5.41) is 2.12. The van der Waals surface area contributed by atoms with Crippen molar-refractivity contribution in [2.24, 2.45) is 0 Å². The third-order valence-electron chi connectivity index (χ3n) is 4.35. The van der Waals surface area contributed by atoms with Crippen LogP contribution in [0.15, 0.2) is 41.8 Å². The Hall–Kier alpha value is -2.19. The van der Waals surface area contributed by atoms with E-state index in [1.807, 2.05) is 13.8 Å². The van der Waals surface area contributed by atoms with E-state index in [4.69, 9.17) is 0 Å². The second kappa shape index (κ2) is 6.13. The summed E-state index contributed by atoms with van der Waals surface area (Å²) in [5.41, 5.74) is 9.17. The van der Waals surface area contributed by atoms with E-state index in [1.165, 1.54) is 32.7 Å². The molecule has 3 rings (SSSR count). The van der Waals surface area contributed by atoms with Gasteiger partial charge in [0.05, 0.1) is 0 Å². The van der Waals surface area contributed by atoms with Gasteiger partial charge in [-0.05, 0) is 78.1 Å². The Kier molecular flexibility index (Phi) is 4.18. The lowest BCUT2D eigenvalue weighted by atomic mass is 9.92. The minimum Gasteiger partial charge on any atom is -0.298 e. The smallest absolute Gasteiger partial charge is 0.150 e. The summed E-state index contributed by atoms with van der Waals surface area (Å²) >= 11 is 1.78. The van der Waals surface area contributed by atoms with Crippen LogP contribution in [0.3, 0.4) is 0 Å². The van der Waals surface area contributed by atoms with E-state index >= 15 is 0 Å². The molecule has 0 aliphatic rings. The quantitative estimate of drug-likeness (QED) is 0.531. The highest BCUT2D eigenvalue weighted by atomic mass is 32.1. The summed E-state index contributed by atoms with van der Waals surface area (Å²) in [4.78, 5) is 12.5. The molecule has 0 aliphatic carbocycles. The van der Waals surface area contributed by atoms with Crippen molar-refractivity contribution in [1.29, 1.82) is 0 Å². The van der Waals surface area contributed by atoms with Crippen molar-refractivity contribution in [3.8, 4) is 21.6 Å². The number of hydrogen-bond donors (Lipinski definition) is 0. The van der Waals surface area contributed by atoms with Gasteiger partial charge in [-0.15, -0.1) is 11.3 Å². The molecule has 0 atom stereocenters. The molecule has 116 valence electrons. The van der Waals surface area contributed by atoms with Crippen LogP contribution in [0.4, 0.5) is 0 Å². The molecular weight excluding hydrogens is 300 g/mol. The summed E-state index contributed by atoms with van der Waals surface area (Å²) in [6.45, 7) is 8.34. The molecule has 1 nitrogen and oxygen atoms in total. The van der Waals surface area contributed by atoms with Crippen molar-refractivity contribution < 1.29 is 4.79 Å². The van der Waals surface area contributed by atoms with Gasteiger partial charge in [-0.3, -0.25) is 4.79 Å². The molecule has 1 aromatic heterocycles. The molecule has 2 aromatic carbocycles. The lowest BCUT2D eigenvalue weighted by molar-refractivity contribution is 0.112. The molecule has 1 heterocycles. The van der Waals surface area contributed by atoms with Crippen molar-refractivity contribution in [3.05, 3.63) is 69.6 Å². The van der Waals surface area contributed by atoms with E-state index in [2.05, 4.69) is 55.6 Å². The molecule has 0 N–H and O–H groups in total. The number of rotatable bonds is 3. The lowest BCUT2D eigenvalue weighted by Gasteiger charge is -2.14. The highest BCUT2D eigenvalue weighted by molar-refractivity contribution is 7.13. The topological polar surface area (TPSA) is 17.1 Å². The number of aldehydes is 1. The highest BCUT2D eigenvalue weighted by Gasteiger charge is 2.11. The molecular formula is C21H20OS. The first-order chi connectivity index (χ1) is 11.0. The predicted octanol–water partition coefficient (Wildman–Crippen LogP) is 6.13. The van der Waals surface area contributed by atoms with Gasteiger partial charge in [-0.2, -0.15) is 0 Å². The van der Waals surface area contributed by atoms with Crippen molar-refractivity contribution in [1.82, 2.24) is 0 Å². The van der Waals surface area contributed by atoms with Crippen LogP contribution in [0, 0.1) is 27.7 Å².